The molecule has 0 amide bonds. The van der Waals surface area contributed by atoms with Gasteiger partial charge in [0.25, 0.3) is 0 Å². The molecule has 25 heavy (non-hydrogen) atoms. The molecule has 4 nitrogen and oxygen atoms in total. The predicted octanol–water partition coefficient (Wildman–Crippen LogP) is 3.94. The lowest BCUT2D eigenvalue weighted by Crippen LogP contribution is -2.29. The SMILES string of the molecule is Cn1c(Cl)c(-c2cc(OCC(=O)[O-])c(Cl)cc2F)c(Cl)c1C(F)(F)F. The highest BCUT2D eigenvalue weighted by molar-refractivity contribution is 6.40. The third-order valence-electron chi connectivity index (χ3n) is 3.17. The Morgan fingerprint density at radius 2 is 1.88 bits per heavy atom. The van der Waals surface area contributed by atoms with Gasteiger partial charge in [-0.05, 0) is 12.1 Å². The molecule has 11 heteroatoms. The highest BCUT2D eigenvalue weighted by Crippen LogP contribution is 2.47. The van der Waals surface area contributed by atoms with Crippen LogP contribution in [0.1, 0.15) is 5.69 Å². The number of nitrogens with zero attached hydrogens (tertiary/aromatic N) is 1. The second-order valence-corrected chi connectivity index (χ2v) is 5.95. The Bertz CT molecular complexity index is 849. The summed E-state index contributed by atoms with van der Waals surface area (Å²) in [6.07, 6.45) is -4.83. The summed E-state index contributed by atoms with van der Waals surface area (Å²) in [4.78, 5) is 10.4. The summed E-state index contributed by atoms with van der Waals surface area (Å²) in [5, 5.41) is 8.88. The van der Waals surface area contributed by atoms with Gasteiger partial charge in [0.05, 0.1) is 16.0 Å². The number of carbonyl (C=O) groups is 1. The molecule has 0 N–H and O–H groups in total. The highest BCUT2D eigenvalue weighted by atomic mass is 35.5. The van der Waals surface area contributed by atoms with Crippen molar-refractivity contribution in [1.82, 2.24) is 4.57 Å². The van der Waals surface area contributed by atoms with Gasteiger partial charge in [0.1, 0.15) is 29.0 Å². The molecule has 1 heterocycles. The molecule has 0 bridgehead atoms. The lowest BCUT2D eigenvalue weighted by molar-refractivity contribution is -0.307. The van der Waals surface area contributed by atoms with E-state index in [4.69, 9.17) is 39.5 Å². The quantitative estimate of drug-likeness (QED) is 0.706. The van der Waals surface area contributed by atoms with Crippen molar-refractivity contribution in [2.75, 3.05) is 6.61 Å². The average Bonchev–Trinajstić information content (AvgIpc) is 2.68. The van der Waals surface area contributed by atoms with Gasteiger partial charge in [-0.15, -0.1) is 0 Å². The van der Waals surface area contributed by atoms with Gasteiger partial charge in [-0.3, -0.25) is 0 Å². The summed E-state index contributed by atoms with van der Waals surface area (Å²) in [6.45, 7) is -0.894. The minimum absolute atomic E-state index is 0.285. The van der Waals surface area contributed by atoms with Crippen LogP contribution in [0.4, 0.5) is 17.6 Å². The van der Waals surface area contributed by atoms with Gasteiger partial charge in [0.2, 0.25) is 0 Å². The Morgan fingerprint density at radius 1 is 1.28 bits per heavy atom. The molecule has 2 aromatic rings. The summed E-state index contributed by atoms with van der Waals surface area (Å²) >= 11 is 17.4. The number of alkyl halides is 3. The van der Waals surface area contributed by atoms with Crippen LogP contribution in [0.25, 0.3) is 11.1 Å². The van der Waals surface area contributed by atoms with Gasteiger partial charge in [-0.2, -0.15) is 13.2 Å². The molecule has 0 aliphatic carbocycles. The largest absolute Gasteiger partial charge is 0.546 e. The fourth-order valence-corrected chi connectivity index (χ4v) is 3.09. The first-order chi connectivity index (χ1) is 11.4. The monoisotopic (exact) mass is 418 g/mol. The van der Waals surface area contributed by atoms with Crippen LogP contribution in [-0.2, 0) is 18.0 Å². The van der Waals surface area contributed by atoms with Crippen molar-refractivity contribution in [3.8, 4) is 16.9 Å². The summed E-state index contributed by atoms with van der Waals surface area (Å²) in [7, 11) is 1.02. The van der Waals surface area contributed by atoms with Crippen molar-refractivity contribution < 1.29 is 32.2 Å². The van der Waals surface area contributed by atoms with Crippen molar-refractivity contribution >= 4 is 40.8 Å². The number of carboxylic acids is 1. The first-order valence-corrected chi connectivity index (χ1v) is 7.51. The average molecular weight is 420 g/mol. The van der Waals surface area contributed by atoms with Crippen LogP contribution in [-0.4, -0.2) is 17.1 Å². The molecule has 1 aromatic carbocycles. The molecule has 0 saturated heterocycles. The van der Waals surface area contributed by atoms with Crippen LogP contribution in [0.5, 0.6) is 5.75 Å². The lowest BCUT2D eigenvalue weighted by Gasteiger charge is -2.12. The molecule has 0 unspecified atom stereocenters. The number of rotatable bonds is 4. The van der Waals surface area contributed by atoms with Crippen molar-refractivity contribution in [1.29, 1.82) is 0 Å². The van der Waals surface area contributed by atoms with Crippen molar-refractivity contribution in [3.05, 3.63) is 38.8 Å². The zero-order valence-electron chi connectivity index (χ0n) is 12.2. The molecule has 0 aliphatic rings. The fraction of sp³-hybridized carbons (Fsp3) is 0.214. The smallest absolute Gasteiger partial charge is 0.432 e. The zero-order chi connectivity index (χ0) is 19.1. The number of benzene rings is 1. The van der Waals surface area contributed by atoms with E-state index in [0.717, 1.165) is 19.2 Å². The Kier molecular flexibility index (Phi) is 5.46. The predicted molar refractivity (Wildman–Crippen MR) is 81.3 cm³/mol. The maximum absolute atomic E-state index is 14.2. The summed E-state index contributed by atoms with van der Waals surface area (Å²) < 4.78 is 58.9. The number of halogens is 7. The summed E-state index contributed by atoms with van der Waals surface area (Å²) in [5.41, 5.74) is -2.12. The van der Waals surface area contributed by atoms with E-state index in [-0.39, 0.29) is 10.8 Å². The van der Waals surface area contributed by atoms with Crippen LogP contribution in [0.3, 0.4) is 0 Å². The van der Waals surface area contributed by atoms with Gasteiger partial charge in [0.15, 0.2) is 0 Å². The maximum Gasteiger partial charge on any atom is 0.432 e. The number of carbonyl (C=O) groups excluding carboxylic acids is 1. The van der Waals surface area contributed by atoms with E-state index < -0.39 is 51.6 Å². The van der Waals surface area contributed by atoms with Gasteiger partial charge in [0, 0.05) is 18.2 Å². The Balaban J connectivity index is 2.67. The van der Waals surface area contributed by atoms with Crippen LogP contribution < -0.4 is 9.84 Å². The number of carboxylic acid groups (broad SMARTS) is 1. The molecule has 0 radical (unpaired) electrons. The fourth-order valence-electron chi connectivity index (χ4n) is 2.13. The second kappa shape index (κ2) is 6.93. The standard InChI is InChI=1S/C14H8Cl3F4NO3/c1-22-12(14(19,20)21)11(16)10(13(22)17)5-2-8(25-4-9(23)24)6(15)3-7(5)18/h2-3H,4H2,1H3,(H,23,24)/p-1. The molecule has 0 aliphatic heterocycles. The molecular weight excluding hydrogens is 413 g/mol. The number of hydrogen-bond acceptors (Lipinski definition) is 3. The Morgan fingerprint density at radius 3 is 2.36 bits per heavy atom. The third-order valence-corrected chi connectivity index (χ3v) is 4.27. The Hall–Kier alpha value is -1.64. The van der Waals surface area contributed by atoms with Crippen molar-refractivity contribution in [2.45, 2.75) is 6.18 Å². The van der Waals surface area contributed by atoms with Crippen LogP contribution in [0, 0.1) is 5.82 Å². The number of aliphatic carboxylic acids is 1. The van der Waals surface area contributed by atoms with Crippen LogP contribution in [0.2, 0.25) is 15.2 Å². The Labute approximate surface area is 153 Å². The molecule has 136 valence electrons. The number of aromatic nitrogens is 1. The molecule has 0 fully saturated rings. The zero-order valence-corrected chi connectivity index (χ0v) is 14.4. The second-order valence-electron chi connectivity index (χ2n) is 4.81. The topological polar surface area (TPSA) is 54.3 Å². The molecular formula is C14H7Cl3F4NO3-. The van der Waals surface area contributed by atoms with E-state index in [9.17, 15) is 27.5 Å². The van der Waals surface area contributed by atoms with E-state index in [1.807, 2.05) is 0 Å². The normalized spacial score (nSPS) is 11.7. The number of hydrogen-bond donors (Lipinski definition) is 0. The van der Waals surface area contributed by atoms with E-state index in [0.29, 0.717) is 4.57 Å². The molecule has 0 spiro atoms. The minimum Gasteiger partial charge on any atom is -0.546 e. The van der Waals surface area contributed by atoms with E-state index >= 15 is 0 Å². The first-order valence-electron chi connectivity index (χ1n) is 6.38. The molecule has 0 atom stereocenters. The van der Waals surface area contributed by atoms with E-state index in [1.54, 1.807) is 0 Å². The highest BCUT2D eigenvalue weighted by Gasteiger charge is 2.40. The van der Waals surface area contributed by atoms with Gasteiger partial charge in [-0.25, -0.2) is 4.39 Å². The van der Waals surface area contributed by atoms with Crippen molar-refractivity contribution in [3.63, 3.8) is 0 Å². The third kappa shape index (κ3) is 3.80. The lowest BCUT2D eigenvalue weighted by atomic mass is 10.1. The molecule has 2 rings (SSSR count). The van der Waals surface area contributed by atoms with Crippen LogP contribution >= 0.6 is 34.8 Å². The molecule has 1 aromatic heterocycles. The summed E-state index contributed by atoms with van der Waals surface area (Å²) in [5.74, 6) is -2.88. The van der Waals surface area contributed by atoms with E-state index in [1.165, 1.54) is 0 Å². The van der Waals surface area contributed by atoms with Crippen LogP contribution in [0.15, 0.2) is 12.1 Å². The van der Waals surface area contributed by atoms with Gasteiger partial charge < -0.3 is 19.2 Å². The number of ether oxygens (including phenoxy) is 1. The van der Waals surface area contributed by atoms with Crippen molar-refractivity contribution in [2.24, 2.45) is 7.05 Å². The molecule has 0 saturated carbocycles. The maximum atomic E-state index is 14.2. The van der Waals surface area contributed by atoms with E-state index in [2.05, 4.69) is 0 Å². The summed E-state index contributed by atoms with van der Waals surface area (Å²) in [6, 6.07) is 1.66. The van der Waals surface area contributed by atoms with Gasteiger partial charge in [-0.1, -0.05) is 34.8 Å². The minimum atomic E-state index is -4.83. The first kappa shape index (κ1) is 19.7. The van der Waals surface area contributed by atoms with Gasteiger partial charge >= 0.3 is 6.18 Å².